The SMILES string of the molecule is COC(=O)[C@@]1(c2ccc(OC)cc2)C=NC(=O)C=C1O. The number of nitrogens with zero attached hydrogens (tertiary/aromatic N) is 1. The first kappa shape index (κ1) is 13.8. The van der Waals surface area contributed by atoms with Crippen LogP contribution in [0.3, 0.4) is 0 Å². The number of aliphatic hydroxyl groups is 1. The molecule has 6 nitrogen and oxygen atoms in total. The average Bonchev–Trinajstić information content (AvgIpc) is 2.47. The van der Waals surface area contributed by atoms with Gasteiger partial charge in [0.25, 0.3) is 5.91 Å². The first-order valence-corrected chi connectivity index (χ1v) is 5.78. The quantitative estimate of drug-likeness (QED) is 0.837. The maximum atomic E-state index is 12.1. The van der Waals surface area contributed by atoms with Crippen molar-refractivity contribution in [3.05, 3.63) is 41.7 Å². The zero-order valence-electron chi connectivity index (χ0n) is 11.0. The highest BCUT2D eigenvalue weighted by Gasteiger charge is 2.46. The van der Waals surface area contributed by atoms with Crippen LogP contribution in [0.1, 0.15) is 5.56 Å². The van der Waals surface area contributed by atoms with Gasteiger partial charge in [-0.3, -0.25) is 9.59 Å². The molecule has 0 unspecified atom stereocenters. The van der Waals surface area contributed by atoms with Crippen LogP contribution in [0.25, 0.3) is 0 Å². The molecule has 2 rings (SSSR count). The van der Waals surface area contributed by atoms with Crippen molar-refractivity contribution in [1.82, 2.24) is 0 Å². The number of hydrogen-bond donors (Lipinski definition) is 1. The van der Waals surface area contributed by atoms with Crippen molar-refractivity contribution in [1.29, 1.82) is 0 Å². The van der Waals surface area contributed by atoms with E-state index in [4.69, 9.17) is 9.47 Å². The summed E-state index contributed by atoms with van der Waals surface area (Å²) in [5.74, 6) is -1.18. The van der Waals surface area contributed by atoms with Crippen LogP contribution >= 0.6 is 0 Å². The van der Waals surface area contributed by atoms with Crippen LogP contribution in [0, 0.1) is 0 Å². The lowest BCUT2D eigenvalue weighted by Crippen LogP contribution is -2.42. The van der Waals surface area contributed by atoms with E-state index in [2.05, 4.69) is 4.99 Å². The Morgan fingerprint density at radius 2 is 1.90 bits per heavy atom. The smallest absolute Gasteiger partial charge is 0.329 e. The van der Waals surface area contributed by atoms with Crippen LogP contribution in [0.4, 0.5) is 0 Å². The highest BCUT2D eigenvalue weighted by atomic mass is 16.5. The maximum Gasteiger partial charge on any atom is 0.329 e. The Hall–Kier alpha value is -2.63. The van der Waals surface area contributed by atoms with E-state index in [9.17, 15) is 14.7 Å². The number of carbonyl (C=O) groups is 2. The largest absolute Gasteiger partial charge is 0.510 e. The standard InChI is InChI=1S/C14H13NO5/c1-19-10-5-3-9(4-6-10)14(13(18)20-2)8-15-12(17)7-11(14)16/h3-8,16H,1-2H3/t14-/m1/s1. The van der Waals surface area contributed by atoms with Crippen molar-refractivity contribution < 1.29 is 24.2 Å². The molecule has 1 atom stereocenters. The molecule has 6 heteroatoms. The van der Waals surface area contributed by atoms with Crippen LogP contribution in [0.5, 0.6) is 5.75 Å². The van der Waals surface area contributed by atoms with Crippen LogP contribution in [-0.2, 0) is 19.7 Å². The molecule has 1 aliphatic rings. The number of ether oxygens (including phenoxy) is 2. The summed E-state index contributed by atoms with van der Waals surface area (Å²) < 4.78 is 9.78. The van der Waals surface area contributed by atoms with E-state index in [1.165, 1.54) is 14.2 Å². The highest BCUT2D eigenvalue weighted by molar-refractivity contribution is 6.12. The van der Waals surface area contributed by atoms with Crippen molar-refractivity contribution in [2.45, 2.75) is 5.41 Å². The van der Waals surface area contributed by atoms with Crippen LogP contribution in [-0.4, -0.2) is 37.4 Å². The number of carbonyl (C=O) groups excluding carboxylic acids is 2. The van der Waals surface area contributed by atoms with E-state index in [-0.39, 0.29) is 0 Å². The van der Waals surface area contributed by atoms with Gasteiger partial charge in [-0.25, -0.2) is 4.99 Å². The summed E-state index contributed by atoms with van der Waals surface area (Å²) in [6, 6.07) is 6.47. The van der Waals surface area contributed by atoms with Crippen LogP contribution in [0.15, 0.2) is 41.1 Å². The van der Waals surface area contributed by atoms with Gasteiger partial charge in [0.1, 0.15) is 11.5 Å². The molecule has 1 amide bonds. The Bertz CT molecular complexity index is 602. The highest BCUT2D eigenvalue weighted by Crippen LogP contribution is 2.33. The Labute approximate surface area is 115 Å². The molecule has 0 aliphatic carbocycles. The molecule has 104 valence electrons. The van der Waals surface area contributed by atoms with Crippen LogP contribution < -0.4 is 4.74 Å². The molecule has 0 spiro atoms. The fourth-order valence-electron chi connectivity index (χ4n) is 2.01. The molecular formula is C14H13NO5. The molecule has 1 aromatic rings. The molecule has 0 saturated heterocycles. The number of benzene rings is 1. The number of aliphatic hydroxyl groups excluding tert-OH is 1. The van der Waals surface area contributed by atoms with Gasteiger partial charge in [0.15, 0.2) is 5.41 Å². The molecule has 0 radical (unpaired) electrons. The Morgan fingerprint density at radius 1 is 1.25 bits per heavy atom. The molecule has 20 heavy (non-hydrogen) atoms. The fourth-order valence-corrected chi connectivity index (χ4v) is 2.01. The predicted molar refractivity (Wildman–Crippen MR) is 70.9 cm³/mol. The maximum absolute atomic E-state index is 12.1. The lowest BCUT2D eigenvalue weighted by molar-refractivity contribution is -0.144. The second kappa shape index (κ2) is 5.16. The number of methoxy groups -OCH3 is 2. The molecule has 1 aliphatic heterocycles. The summed E-state index contributed by atoms with van der Waals surface area (Å²) in [6.07, 6.45) is 2.00. The molecule has 0 aromatic heterocycles. The van der Waals surface area contributed by atoms with E-state index < -0.39 is 23.1 Å². The normalized spacial score (nSPS) is 21.3. The number of esters is 1. The minimum absolute atomic E-state index is 0.422. The topological polar surface area (TPSA) is 85.2 Å². The zero-order chi connectivity index (χ0) is 14.8. The van der Waals surface area contributed by atoms with Gasteiger partial charge in [-0.2, -0.15) is 0 Å². The summed E-state index contributed by atoms with van der Waals surface area (Å²) >= 11 is 0. The monoisotopic (exact) mass is 275 g/mol. The average molecular weight is 275 g/mol. The number of rotatable bonds is 3. The second-order valence-corrected chi connectivity index (χ2v) is 4.15. The van der Waals surface area contributed by atoms with E-state index >= 15 is 0 Å². The molecule has 0 saturated carbocycles. The Balaban J connectivity index is 2.58. The van der Waals surface area contributed by atoms with Crippen molar-refractivity contribution in [3.8, 4) is 5.75 Å². The van der Waals surface area contributed by atoms with Gasteiger partial charge >= 0.3 is 5.97 Å². The van der Waals surface area contributed by atoms with Crippen molar-refractivity contribution in [2.24, 2.45) is 4.99 Å². The van der Waals surface area contributed by atoms with Gasteiger partial charge in [-0.15, -0.1) is 0 Å². The van der Waals surface area contributed by atoms with Crippen molar-refractivity contribution in [2.75, 3.05) is 14.2 Å². The van der Waals surface area contributed by atoms with Gasteiger partial charge in [-0.1, -0.05) is 12.1 Å². The molecule has 0 bridgehead atoms. The minimum Gasteiger partial charge on any atom is -0.510 e. The van der Waals surface area contributed by atoms with Gasteiger partial charge in [-0.05, 0) is 17.7 Å². The lowest BCUT2D eigenvalue weighted by Gasteiger charge is -2.28. The molecule has 1 aromatic carbocycles. The summed E-state index contributed by atoms with van der Waals surface area (Å²) in [4.78, 5) is 26.9. The Kier molecular flexibility index (Phi) is 3.56. The Morgan fingerprint density at radius 3 is 2.40 bits per heavy atom. The predicted octanol–water partition coefficient (Wildman–Crippen LogP) is 1.16. The number of aliphatic imine (C=N–C) groups is 1. The van der Waals surface area contributed by atoms with Gasteiger partial charge in [0, 0.05) is 12.3 Å². The van der Waals surface area contributed by atoms with Gasteiger partial charge in [0.05, 0.1) is 14.2 Å². The molecule has 1 N–H and O–H groups in total. The third kappa shape index (κ3) is 2.05. The molecule has 0 fully saturated rings. The number of dihydropyridines is 1. The third-order valence-electron chi connectivity index (χ3n) is 3.10. The third-order valence-corrected chi connectivity index (χ3v) is 3.10. The lowest BCUT2D eigenvalue weighted by atomic mass is 9.78. The summed E-state index contributed by atoms with van der Waals surface area (Å²) in [6.45, 7) is 0. The van der Waals surface area contributed by atoms with Crippen molar-refractivity contribution >= 4 is 18.1 Å². The van der Waals surface area contributed by atoms with Gasteiger partial charge in [0.2, 0.25) is 0 Å². The molecule has 1 heterocycles. The summed E-state index contributed by atoms with van der Waals surface area (Å²) in [7, 11) is 2.72. The van der Waals surface area contributed by atoms with E-state index in [1.807, 2.05) is 0 Å². The number of hydrogen-bond acceptors (Lipinski definition) is 5. The van der Waals surface area contributed by atoms with Crippen LogP contribution in [0.2, 0.25) is 0 Å². The minimum atomic E-state index is -1.60. The zero-order valence-corrected chi connectivity index (χ0v) is 11.0. The molecular weight excluding hydrogens is 262 g/mol. The first-order valence-electron chi connectivity index (χ1n) is 5.78. The summed E-state index contributed by atoms with van der Waals surface area (Å²) in [5, 5.41) is 10.1. The van der Waals surface area contributed by atoms with Crippen molar-refractivity contribution in [3.63, 3.8) is 0 Å². The second-order valence-electron chi connectivity index (χ2n) is 4.15. The van der Waals surface area contributed by atoms with Gasteiger partial charge < -0.3 is 14.6 Å². The summed E-state index contributed by atoms with van der Waals surface area (Å²) in [5.41, 5.74) is -1.18. The number of amides is 1. The van der Waals surface area contributed by atoms with E-state index in [0.717, 1.165) is 12.3 Å². The fraction of sp³-hybridized carbons (Fsp3) is 0.214. The first-order chi connectivity index (χ1) is 9.54. The van der Waals surface area contributed by atoms with E-state index in [1.54, 1.807) is 24.3 Å². The van der Waals surface area contributed by atoms with E-state index in [0.29, 0.717) is 11.3 Å².